The molecule has 0 aliphatic rings. The van der Waals surface area contributed by atoms with Crippen LogP contribution in [0.15, 0.2) is 121 Å². The zero-order valence-electron chi connectivity index (χ0n) is 31.6. The fraction of sp³-hybridized carbons (Fsp3) is 0.108. The molecule has 22 nitrogen and oxygen atoms in total. The van der Waals surface area contributed by atoms with Gasteiger partial charge in [-0.2, -0.15) is 52.2 Å². The molecule has 0 aliphatic heterocycles. The predicted octanol–water partition coefficient (Wildman–Crippen LogP) is 6.67. The molecule has 7 N–H and O–H groups in total. The first-order chi connectivity index (χ1) is 28.9. The summed E-state index contributed by atoms with van der Waals surface area (Å²) in [6.45, 7) is -0.0290. The van der Waals surface area contributed by atoms with E-state index >= 15 is 0 Å². The molecule has 0 unspecified atom stereocenters. The number of nitrogens with zero attached hydrogens (tertiary/aromatic N) is 8. The van der Waals surface area contributed by atoms with Crippen LogP contribution in [0.5, 0.6) is 5.75 Å². The van der Waals surface area contributed by atoms with E-state index in [1.54, 1.807) is 36.2 Å². The lowest BCUT2D eigenvalue weighted by molar-refractivity contribution is 0.0696. The number of nitrogens with one attached hydrogen (secondary N) is 2. The number of fused-ring (bicyclic) bond motifs is 1. The van der Waals surface area contributed by atoms with Crippen molar-refractivity contribution in [3.8, 4) is 5.75 Å². The Hall–Kier alpha value is -7.51. The molecule has 6 rings (SSSR count). The molecule has 0 aliphatic carbocycles. The topological polar surface area (TPSA) is 328 Å². The molecule has 0 bridgehead atoms. The number of methoxy groups -OCH3 is 1. The van der Waals surface area contributed by atoms with Crippen LogP contribution in [0.2, 0.25) is 0 Å². The SMILES string of the molecule is COc1cc(N=Nc2cc(C(=O)O)cc(C(=O)O)c2)ccc1Nc1nc(Nc2ccc(N=Nc3cc(S(=O)(=O)O)c4cccc(S(=O)(=O)O)c4c3)cc2)nc(N(C)CCO)n1. The average molecular weight is 873 g/mol. The minimum Gasteiger partial charge on any atom is -0.494 e. The largest absolute Gasteiger partial charge is 0.494 e. The maximum absolute atomic E-state index is 12.2. The van der Waals surface area contributed by atoms with Gasteiger partial charge in [-0.3, -0.25) is 9.11 Å². The van der Waals surface area contributed by atoms with Crippen molar-refractivity contribution in [3.05, 3.63) is 102 Å². The van der Waals surface area contributed by atoms with Crippen LogP contribution in [0.1, 0.15) is 20.7 Å². The molecule has 24 heteroatoms. The minimum atomic E-state index is -4.85. The number of aliphatic hydroxyl groups excluding tert-OH is 1. The third-order valence-electron chi connectivity index (χ3n) is 8.39. The Labute approximate surface area is 345 Å². The van der Waals surface area contributed by atoms with Crippen LogP contribution in [-0.4, -0.2) is 95.5 Å². The van der Waals surface area contributed by atoms with Crippen LogP contribution >= 0.6 is 0 Å². The molecule has 314 valence electrons. The van der Waals surface area contributed by atoms with E-state index in [1.165, 1.54) is 55.6 Å². The molecule has 0 spiro atoms. The summed E-state index contributed by atoms with van der Waals surface area (Å²) in [6, 6.07) is 20.0. The van der Waals surface area contributed by atoms with Crippen LogP contribution in [0.4, 0.5) is 52.0 Å². The van der Waals surface area contributed by atoms with E-state index in [0.717, 1.165) is 18.2 Å². The van der Waals surface area contributed by atoms with E-state index in [1.807, 2.05) is 0 Å². The van der Waals surface area contributed by atoms with Gasteiger partial charge in [-0.15, -0.1) is 0 Å². The van der Waals surface area contributed by atoms with Gasteiger partial charge >= 0.3 is 11.9 Å². The van der Waals surface area contributed by atoms with Gasteiger partial charge in [0.25, 0.3) is 20.2 Å². The Balaban J connectivity index is 1.24. The van der Waals surface area contributed by atoms with E-state index in [-0.39, 0.29) is 81.4 Å². The van der Waals surface area contributed by atoms with E-state index in [0.29, 0.717) is 11.4 Å². The molecule has 0 amide bonds. The number of carbonyl (C=O) groups is 2. The van der Waals surface area contributed by atoms with Gasteiger partial charge in [0.15, 0.2) is 0 Å². The maximum atomic E-state index is 12.2. The van der Waals surface area contributed by atoms with Gasteiger partial charge in [0.1, 0.15) is 15.5 Å². The molecule has 0 fully saturated rings. The van der Waals surface area contributed by atoms with Gasteiger partial charge in [0.2, 0.25) is 17.8 Å². The lowest BCUT2D eigenvalue weighted by Gasteiger charge is -2.18. The zero-order chi connectivity index (χ0) is 44.1. The van der Waals surface area contributed by atoms with E-state index in [9.17, 15) is 50.8 Å². The Bertz CT molecular complexity index is 2940. The summed E-state index contributed by atoms with van der Waals surface area (Å²) in [5.74, 6) is -2.10. The van der Waals surface area contributed by atoms with Crippen LogP contribution in [0.3, 0.4) is 0 Å². The van der Waals surface area contributed by atoms with Gasteiger partial charge in [-0.05, 0) is 72.8 Å². The summed E-state index contributed by atoms with van der Waals surface area (Å²) in [4.78, 5) is 36.7. The highest BCUT2D eigenvalue weighted by atomic mass is 32.2. The number of carboxylic acid groups (broad SMARTS) is 2. The smallest absolute Gasteiger partial charge is 0.335 e. The summed E-state index contributed by atoms with van der Waals surface area (Å²) in [5, 5.41) is 50.2. The first-order valence-electron chi connectivity index (χ1n) is 17.3. The van der Waals surface area contributed by atoms with Crippen LogP contribution in [0, 0.1) is 0 Å². The highest BCUT2D eigenvalue weighted by molar-refractivity contribution is 7.86. The minimum absolute atomic E-state index is 0.000670. The number of likely N-dealkylation sites (N-methyl/N-ethyl adjacent to an activating group) is 1. The number of aromatic nitrogens is 3. The Kier molecular flexibility index (Phi) is 12.6. The van der Waals surface area contributed by atoms with Crippen molar-refractivity contribution in [1.82, 2.24) is 15.0 Å². The van der Waals surface area contributed by atoms with Crippen molar-refractivity contribution in [2.75, 3.05) is 42.8 Å². The van der Waals surface area contributed by atoms with Gasteiger partial charge in [0.05, 0.1) is 53.3 Å². The van der Waals surface area contributed by atoms with E-state index < -0.39 is 42.0 Å². The summed E-state index contributed by atoms with van der Waals surface area (Å²) in [6.07, 6.45) is 0. The third-order valence-corrected chi connectivity index (χ3v) is 10.2. The van der Waals surface area contributed by atoms with Gasteiger partial charge < -0.3 is 35.6 Å². The van der Waals surface area contributed by atoms with Crippen molar-refractivity contribution in [2.24, 2.45) is 20.5 Å². The quantitative estimate of drug-likeness (QED) is 0.0394. The molecule has 61 heavy (non-hydrogen) atoms. The standard InChI is InChI=1S/C37H32N10O12S2/c1-47(12-13-48)37-41-35(40-36(42-37)39-29-11-10-24(18-30(29)59-2)44-45-25-15-20(33(49)50)14-21(16-25)34(51)52)38-22-6-8-23(9-7-22)43-46-26-17-28-27(32(19-26)61(56,57)58)4-3-5-31(28)60(53,54)55/h3-11,14-19,48H,12-13H2,1-2H3,(H,49,50)(H,51,52)(H,53,54,55)(H,56,57,58)(H2,38,39,40,41,42). The van der Waals surface area contributed by atoms with Crippen molar-refractivity contribution in [2.45, 2.75) is 9.79 Å². The van der Waals surface area contributed by atoms with E-state index in [2.05, 4.69) is 46.0 Å². The van der Waals surface area contributed by atoms with Crippen LogP contribution in [0.25, 0.3) is 10.8 Å². The molecule has 1 aromatic heterocycles. The summed E-state index contributed by atoms with van der Waals surface area (Å²) in [7, 11) is -6.58. The normalized spacial score (nSPS) is 11.9. The molecular weight excluding hydrogens is 841 g/mol. The Morgan fingerprint density at radius 1 is 0.672 bits per heavy atom. The van der Waals surface area contributed by atoms with Gasteiger partial charge in [-0.25, -0.2) is 9.59 Å². The molecular formula is C37H32N10O12S2. The first kappa shape index (κ1) is 43.1. The highest BCUT2D eigenvalue weighted by Gasteiger charge is 2.21. The lowest BCUT2D eigenvalue weighted by Crippen LogP contribution is -2.24. The number of benzene rings is 5. The number of rotatable bonds is 16. The van der Waals surface area contributed by atoms with Crippen LogP contribution < -0.4 is 20.3 Å². The second kappa shape index (κ2) is 17.8. The number of aliphatic hydroxyl groups is 1. The monoisotopic (exact) mass is 872 g/mol. The number of carboxylic acids is 2. The molecule has 1 heterocycles. The number of hydrogen-bond acceptors (Lipinski definition) is 18. The molecule has 0 saturated heterocycles. The number of azo groups is 2. The molecule has 6 aromatic rings. The van der Waals surface area contributed by atoms with Crippen molar-refractivity contribution in [1.29, 1.82) is 0 Å². The lowest BCUT2D eigenvalue weighted by atomic mass is 10.1. The highest BCUT2D eigenvalue weighted by Crippen LogP contribution is 2.35. The van der Waals surface area contributed by atoms with Crippen molar-refractivity contribution in [3.63, 3.8) is 0 Å². The summed E-state index contributed by atoms with van der Waals surface area (Å²) >= 11 is 0. The predicted molar refractivity (Wildman–Crippen MR) is 218 cm³/mol. The van der Waals surface area contributed by atoms with Crippen LogP contribution in [-0.2, 0) is 20.2 Å². The molecule has 0 radical (unpaired) electrons. The number of anilines is 5. The van der Waals surface area contributed by atoms with Gasteiger partial charge in [0, 0.05) is 36.1 Å². The molecule has 5 aromatic carbocycles. The first-order valence-corrected chi connectivity index (χ1v) is 20.2. The third kappa shape index (κ3) is 10.6. The number of ether oxygens (including phenoxy) is 1. The number of aromatic carboxylic acids is 2. The Morgan fingerprint density at radius 2 is 1.25 bits per heavy atom. The average Bonchev–Trinajstić information content (AvgIpc) is 3.21. The summed E-state index contributed by atoms with van der Waals surface area (Å²) in [5.41, 5.74) is 0.712. The Morgan fingerprint density at radius 3 is 1.84 bits per heavy atom. The van der Waals surface area contributed by atoms with E-state index in [4.69, 9.17) is 4.74 Å². The fourth-order valence-corrected chi connectivity index (χ4v) is 6.98. The summed E-state index contributed by atoms with van der Waals surface area (Å²) < 4.78 is 73.4. The second-order valence-corrected chi connectivity index (χ2v) is 15.4. The zero-order valence-corrected chi connectivity index (χ0v) is 33.2. The fourth-order valence-electron chi connectivity index (χ4n) is 5.56. The maximum Gasteiger partial charge on any atom is 0.335 e. The van der Waals surface area contributed by atoms with Crippen molar-refractivity contribution < 1.29 is 55.6 Å². The molecule has 0 saturated carbocycles. The van der Waals surface area contributed by atoms with Crippen molar-refractivity contribution >= 4 is 94.9 Å². The second-order valence-electron chi connectivity index (χ2n) is 12.6. The molecule has 0 atom stereocenters. The number of hydrogen-bond donors (Lipinski definition) is 7. The van der Waals surface area contributed by atoms with Gasteiger partial charge in [-0.1, -0.05) is 12.1 Å².